The first-order chi connectivity index (χ1) is 11.9. The zero-order chi connectivity index (χ0) is 18.0. The van der Waals surface area contributed by atoms with Crippen molar-refractivity contribution in [3.63, 3.8) is 0 Å². The van der Waals surface area contributed by atoms with E-state index in [0.29, 0.717) is 44.6 Å². The molecule has 0 aliphatic carbocycles. The lowest BCUT2D eigenvalue weighted by Crippen LogP contribution is -2.36. The van der Waals surface area contributed by atoms with E-state index in [4.69, 9.17) is 4.74 Å². The van der Waals surface area contributed by atoms with Gasteiger partial charge in [0, 0.05) is 37.3 Å². The van der Waals surface area contributed by atoms with Crippen LogP contribution in [0.2, 0.25) is 0 Å². The molecule has 2 N–H and O–H groups in total. The number of likely N-dealkylation sites (tertiary alicyclic amines) is 1. The number of nitrogens with one attached hydrogen (secondary N) is 2. The van der Waals surface area contributed by atoms with Crippen molar-refractivity contribution in [2.45, 2.75) is 51.6 Å². The van der Waals surface area contributed by atoms with Crippen LogP contribution in [0.3, 0.4) is 0 Å². The molecule has 25 heavy (non-hydrogen) atoms. The minimum atomic E-state index is -0.456. The number of carbonyl (C=O) groups excluding carboxylic acids is 2. The molecule has 3 heterocycles. The normalized spacial score (nSPS) is 23.3. The maximum absolute atomic E-state index is 12.6. The average Bonchev–Trinajstić information content (AvgIpc) is 2.77. The molecule has 2 saturated heterocycles. The van der Waals surface area contributed by atoms with E-state index in [-0.39, 0.29) is 17.7 Å². The summed E-state index contributed by atoms with van der Waals surface area (Å²) in [5.41, 5.74) is 1.55. The largest absolute Gasteiger partial charge is 0.441 e. The monoisotopic (exact) mass is 348 g/mol. The molecular weight excluding hydrogens is 324 g/mol. The number of H-pyrrole nitrogens is 1. The summed E-state index contributed by atoms with van der Waals surface area (Å²) in [6, 6.07) is 0. The van der Waals surface area contributed by atoms with Crippen LogP contribution >= 0.6 is 0 Å². The van der Waals surface area contributed by atoms with Crippen molar-refractivity contribution in [3.8, 4) is 0 Å². The van der Waals surface area contributed by atoms with Gasteiger partial charge in [-0.3, -0.25) is 4.79 Å². The standard InChI is InChI=1S/C17H24N4O4/c1-11-13(12(2)20-15(23)19-11)4-5-14(22)21-8-3-6-17(7-9-21)10-18-16(24)25-17/h3-10H2,1-2H3,(H,18,24)(H,19,20,23)/t17-/m1/s1. The van der Waals surface area contributed by atoms with Gasteiger partial charge in [0.1, 0.15) is 5.60 Å². The number of ether oxygens (including phenoxy) is 1. The third-order valence-electron chi connectivity index (χ3n) is 5.16. The smallest absolute Gasteiger partial charge is 0.407 e. The molecule has 1 spiro atoms. The Bertz CT molecular complexity index is 718. The van der Waals surface area contributed by atoms with E-state index in [9.17, 15) is 14.4 Å². The van der Waals surface area contributed by atoms with Gasteiger partial charge in [-0.25, -0.2) is 9.59 Å². The van der Waals surface area contributed by atoms with E-state index in [1.165, 1.54) is 0 Å². The SMILES string of the molecule is Cc1nc(=O)[nH]c(C)c1CCC(=O)N1CCC[C@@]2(CC1)CNC(=O)O2. The van der Waals surface area contributed by atoms with Gasteiger partial charge < -0.3 is 19.9 Å². The molecule has 0 radical (unpaired) electrons. The lowest BCUT2D eigenvalue weighted by Gasteiger charge is -2.25. The summed E-state index contributed by atoms with van der Waals surface area (Å²) in [6.07, 6.45) is 2.82. The molecule has 1 atom stereocenters. The van der Waals surface area contributed by atoms with Gasteiger partial charge in [0.15, 0.2) is 0 Å². The van der Waals surface area contributed by atoms with Gasteiger partial charge >= 0.3 is 11.8 Å². The molecule has 2 amide bonds. The molecule has 1 aromatic heterocycles. The summed E-state index contributed by atoms with van der Waals surface area (Å²) >= 11 is 0. The van der Waals surface area contributed by atoms with Gasteiger partial charge in [-0.05, 0) is 38.7 Å². The number of carbonyl (C=O) groups is 2. The molecule has 2 fully saturated rings. The minimum Gasteiger partial charge on any atom is -0.441 e. The van der Waals surface area contributed by atoms with Gasteiger partial charge in [-0.2, -0.15) is 4.98 Å². The second-order valence-corrected chi connectivity index (χ2v) is 6.89. The van der Waals surface area contributed by atoms with Gasteiger partial charge in [0.25, 0.3) is 0 Å². The van der Waals surface area contributed by atoms with Crippen LogP contribution in [0.25, 0.3) is 0 Å². The van der Waals surface area contributed by atoms with Crippen molar-refractivity contribution < 1.29 is 14.3 Å². The molecule has 0 aromatic carbocycles. The van der Waals surface area contributed by atoms with E-state index < -0.39 is 5.60 Å². The Morgan fingerprint density at radius 2 is 2.08 bits per heavy atom. The average molecular weight is 348 g/mol. The van der Waals surface area contributed by atoms with Crippen LogP contribution in [0.4, 0.5) is 4.79 Å². The van der Waals surface area contributed by atoms with Crippen molar-refractivity contribution in [2.24, 2.45) is 0 Å². The highest BCUT2D eigenvalue weighted by atomic mass is 16.6. The van der Waals surface area contributed by atoms with E-state index in [0.717, 1.165) is 24.1 Å². The third kappa shape index (κ3) is 3.83. The maximum Gasteiger partial charge on any atom is 0.407 e. The molecule has 0 bridgehead atoms. The number of aryl methyl sites for hydroxylation is 2. The number of nitrogens with zero attached hydrogens (tertiary/aromatic N) is 2. The fraction of sp³-hybridized carbons (Fsp3) is 0.647. The Morgan fingerprint density at radius 1 is 1.28 bits per heavy atom. The van der Waals surface area contributed by atoms with Gasteiger partial charge in [-0.15, -0.1) is 0 Å². The zero-order valence-electron chi connectivity index (χ0n) is 14.7. The van der Waals surface area contributed by atoms with Gasteiger partial charge in [-0.1, -0.05) is 0 Å². The van der Waals surface area contributed by atoms with Crippen LogP contribution in [0, 0.1) is 13.8 Å². The summed E-state index contributed by atoms with van der Waals surface area (Å²) < 4.78 is 5.44. The molecule has 136 valence electrons. The van der Waals surface area contributed by atoms with Crippen LogP contribution in [0.15, 0.2) is 4.79 Å². The van der Waals surface area contributed by atoms with Gasteiger partial charge in [0.2, 0.25) is 5.91 Å². The Labute approximate surface area is 146 Å². The van der Waals surface area contributed by atoms with Crippen molar-refractivity contribution in [1.82, 2.24) is 20.2 Å². The quantitative estimate of drug-likeness (QED) is 0.841. The molecule has 2 aliphatic rings. The second kappa shape index (κ2) is 6.85. The van der Waals surface area contributed by atoms with Crippen molar-refractivity contribution in [2.75, 3.05) is 19.6 Å². The maximum atomic E-state index is 12.6. The molecule has 1 aromatic rings. The van der Waals surface area contributed by atoms with E-state index in [2.05, 4.69) is 15.3 Å². The summed E-state index contributed by atoms with van der Waals surface area (Å²) in [6.45, 7) is 5.41. The Morgan fingerprint density at radius 3 is 2.76 bits per heavy atom. The third-order valence-corrected chi connectivity index (χ3v) is 5.16. The van der Waals surface area contributed by atoms with E-state index in [1.54, 1.807) is 6.92 Å². The summed E-state index contributed by atoms with van der Waals surface area (Å²) in [4.78, 5) is 43.7. The Kier molecular flexibility index (Phi) is 4.78. The predicted molar refractivity (Wildman–Crippen MR) is 90.3 cm³/mol. The number of alkyl carbamates (subject to hydrolysis) is 1. The lowest BCUT2D eigenvalue weighted by atomic mass is 9.95. The molecule has 2 aliphatic heterocycles. The summed E-state index contributed by atoms with van der Waals surface area (Å²) in [5.74, 6) is 0.0827. The second-order valence-electron chi connectivity index (χ2n) is 6.89. The number of aromatic amines is 1. The molecule has 0 unspecified atom stereocenters. The highest BCUT2D eigenvalue weighted by molar-refractivity contribution is 5.76. The molecule has 8 heteroatoms. The first-order valence-corrected chi connectivity index (χ1v) is 8.70. The van der Waals surface area contributed by atoms with Gasteiger partial charge in [0.05, 0.1) is 6.54 Å². The van der Waals surface area contributed by atoms with Crippen LogP contribution < -0.4 is 11.0 Å². The van der Waals surface area contributed by atoms with Crippen LogP contribution in [0.1, 0.15) is 42.6 Å². The Hall–Kier alpha value is -2.38. The first kappa shape index (κ1) is 17.4. The molecular formula is C17H24N4O4. The first-order valence-electron chi connectivity index (χ1n) is 8.70. The van der Waals surface area contributed by atoms with E-state index in [1.807, 2.05) is 11.8 Å². The molecule has 8 nitrogen and oxygen atoms in total. The van der Waals surface area contributed by atoms with Crippen LogP contribution in [-0.2, 0) is 16.0 Å². The van der Waals surface area contributed by atoms with Crippen LogP contribution in [-0.4, -0.2) is 52.1 Å². The number of aromatic nitrogens is 2. The van der Waals surface area contributed by atoms with Crippen molar-refractivity contribution in [1.29, 1.82) is 0 Å². The summed E-state index contributed by atoms with van der Waals surface area (Å²) in [7, 11) is 0. The fourth-order valence-electron chi connectivity index (χ4n) is 3.71. The number of rotatable bonds is 3. The topological polar surface area (TPSA) is 104 Å². The highest BCUT2D eigenvalue weighted by Gasteiger charge is 2.41. The minimum absolute atomic E-state index is 0.0827. The van der Waals surface area contributed by atoms with Crippen molar-refractivity contribution in [3.05, 3.63) is 27.4 Å². The lowest BCUT2D eigenvalue weighted by molar-refractivity contribution is -0.131. The number of hydrogen-bond acceptors (Lipinski definition) is 5. The molecule has 3 rings (SSSR count). The molecule has 0 saturated carbocycles. The fourth-order valence-corrected chi connectivity index (χ4v) is 3.71. The van der Waals surface area contributed by atoms with Crippen LogP contribution in [0.5, 0.6) is 0 Å². The Balaban J connectivity index is 1.59. The number of hydrogen-bond donors (Lipinski definition) is 2. The van der Waals surface area contributed by atoms with E-state index >= 15 is 0 Å². The predicted octanol–water partition coefficient (Wildman–Crippen LogP) is 0.810. The number of amides is 2. The zero-order valence-corrected chi connectivity index (χ0v) is 14.7. The highest BCUT2D eigenvalue weighted by Crippen LogP contribution is 2.29. The van der Waals surface area contributed by atoms with Crippen molar-refractivity contribution >= 4 is 12.0 Å². The summed E-state index contributed by atoms with van der Waals surface area (Å²) in [5, 5.41) is 2.71.